The normalized spacial score (nSPS) is 10.2. The summed E-state index contributed by atoms with van der Waals surface area (Å²) in [5.74, 6) is 0. The van der Waals surface area contributed by atoms with Gasteiger partial charge in [0, 0.05) is 28.5 Å². The van der Waals surface area contributed by atoms with Gasteiger partial charge in [-0.05, 0) is 25.1 Å². The molecular formula is C14H10Cl2N2O. The first kappa shape index (κ1) is 13.7. The van der Waals surface area contributed by atoms with Crippen LogP contribution in [0, 0.1) is 18.3 Å². The zero-order chi connectivity index (χ0) is 14.0. The highest BCUT2D eigenvalue weighted by Crippen LogP contribution is 2.25. The Hall–Kier alpha value is -1.76. The first-order valence-corrected chi connectivity index (χ1v) is 6.33. The molecule has 0 atom stereocenters. The van der Waals surface area contributed by atoms with E-state index < -0.39 is 0 Å². The average Bonchev–Trinajstić information content (AvgIpc) is 2.34. The Morgan fingerprint density at radius 1 is 1.32 bits per heavy atom. The third-order valence-electron chi connectivity index (χ3n) is 2.76. The van der Waals surface area contributed by atoms with E-state index in [4.69, 9.17) is 28.5 Å². The SMILES string of the molecule is Cc1cc(=O)c(CC#N)cn1-c1ccc(Cl)cc1Cl. The standard InChI is InChI=1S/C14H10Cl2N2O/c1-9-6-14(19)10(4-5-17)8-18(9)13-3-2-11(15)7-12(13)16/h2-3,6-8H,4H2,1H3. The molecule has 1 aromatic carbocycles. The van der Waals surface area contributed by atoms with E-state index in [0.717, 1.165) is 11.4 Å². The molecule has 5 heteroatoms. The van der Waals surface area contributed by atoms with Crippen LogP contribution in [-0.4, -0.2) is 4.57 Å². The van der Waals surface area contributed by atoms with Gasteiger partial charge in [0.2, 0.25) is 0 Å². The smallest absolute Gasteiger partial charge is 0.186 e. The molecule has 0 N–H and O–H groups in total. The summed E-state index contributed by atoms with van der Waals surface area (Å²) >= 11 is 12.0. The lowest BCUT2D eigenvalue weighted by Crippen LogP contribution is -2.14. The molecule has 1 heterocycles. The van der Waals surface area contributed by atoms with E-state index in [0.29, 0.717) is 15.6 Å². The molecule has 1 aromatic heterocycles. The maximum atomic E-state index is 11.7. The molecule has 0 amide bonds. The van der Waals surface area contributed by atoms with Crippen LogP contribution in [0.1, 0.15) is 11.3 Å². The van der Waals surface area contributed by atoms with Crippen LogP contribution < -0.4 is 5.43 Å². The quantitative estimate of drug-likeness (QED) is 0.850. The number of aryl methyl sites for hydroxylation is 1. The summed E-state index contributed by atoms with van der Waals surface area (Å²) in [6.07, 6.45) is 1.72. The van der Waals surface area contributed by atoms with E-state index in [1.54, 1.807) is 29.0 Å². The maximum absolute atomic E-state index is 11.7. The molecule has 96 valence electrons. The predicted molar refractivity (Wildman–Crippen MR) is 76.1 cm³/mol. The Labute approximate surface area is 120 Å². The van der Waals surface area contributed by atoms with Crippen LogP contribution in [0.5, 0.6) is 0 Å². The van der Waals surface area contributed by atoms with Crippen molar-refractivity contribution in [2.75, 3.05) is 0 Å². The number of rotatable bonds is 2. The molecule has 0 radical (unpaired) electrons. The molecule has 0 spiro atoms. The van der Waals surface area contributed by atoms with Crippen LogP contribution in [0.15, 0.2) is 35.3 Å². The summed E-state index contributed by atoms with van der Waals surface area (Å²) in [6, 6.07) is 8.62. The third-order valence-corrected chi connectivity index (χ3v) is 3.30. The van der Waals surface area contributed by atoms with Gasteiger partial charge in [-0.15, -0.1) is 0 Å². The molecule has 0 saturated heterocycles. The molecular weight excluding hydrogens is 283 g/mol. The molecule has 19 heavy (non-hydrogen) atoms. The highest BCUT2D eigenvalue weighted by molar-refractivity contribution is 6.35. The zero-order valence-corrected chi connectivity index (χ0v) is 11.7. The summed E-state index contributed by atoms with van der Waals surface area (Å²) in [4.78, 5) is 11.7. The van der Waals surface area contributed by atoms with E-state index in [1.165, 1.54) is 6.07 Å². The Balaban J connectivity index is 2.65. The van der Waals surface area contributed by atoms with Crippen molar-refractivity contribution in [1.29, 1.82) is 5.26 Å². The van der Waals surface area contributed by atoms with Crippen molar-refractivity contribution in [3.63, 3.8) is 0 Å². The largest absolute Gasteiger partial charge is 0.319 e. The van der Waals surface area contributed by atoms with Gasteiger partial charge in [0.1, 0.15) is 0 Å². The van der Waals surface area contributed by atoms with Crippen LogP contribution in [0.2, 0.25) is 10.0 Å². The molecule has 2 aromatic rings. The molecule has 0 aliphatic rings. The highest BCUT2D eigenvalue weighted by atomic mass is 35.5. The Bertz CT molecular complexity index is 729. The minimum Gasteiger partial charge on any atom is -0.319 e. The van der Waals surface area contributed by atoms with Crippen molar-refractivity contribution in [3.8, 4) is 11.8 Å². The summed E-state index contributed by atoms with van der Waals surface area (Å²) in [7, 11) is 0. The van der Waals surface area contributed by atoms with Gasteiger partial charge < -0.3 is 4.57 Å². The van der Waals surface area contributed by atoms with Crippen LogP contribution >= 0.6 is 23.2 Å². The summed E-state index contributed by atoms with van der Waals surface area (Å²) in [5.41, 5.74) is 1.78. The van der Waals surface area contributed by atoms with Gasteiger partial charge >= 0.3 is 0 Å². The monoisotopic (exact) mass is 292 g/mol. The number of pyridine rings is 1. The number of halogens is 2. The maximum Gasteiger partial charge on any atom is 0.186 e. The van der Waals surface area contributed by atoms with Gasteiger partial charge in [0.05, 0.1) is 23.2 Å². The summed E-state index contributed by atoms with van der Waals surface area (Å²) < 4.78 is 1.78. The van der Waals surface area contributed by atoms with Gasteiger partial charge in [-0.3, -0.25) is 4.79 Å². The first-order chi connectivity index (χ1) is 9.02. The van der Waals surface area contributed by atoms with E-state index in [1.807, 2.05) is 13.0 Å². The second-order valence-electron chi connectivity index (χ2n) is 4.10. The number of hydrogen-bond acceptors (Lipinski definition) is 2. The predicted octanol–water partition coefficient (Wildman–Crippen LogP) is 3.52. The fourth-order valence-electron chi connectivity index (χ4n) is 1.83. The molecule has 0 bridgehead atoms. The van der Waals surface area contributed by atoms with E-state index in [-0.39, 0.29) is 11.8 Å². The van der Waals surface area contributed by atoms with Gasteiger partial charge in [0.25, 0.3) is 0 Å². The third kappa shape index (κ3) is 2.81. The fraction of sp³-hybridized carbons (Fsp3) is 0.143. The van der Waals surface area contributed by atoms with E-state index in [9.17, 15) is 4.79 Å². The van der Waals surface area contributed by atoms with Crippen molar-refractivity contribution >= 4 is 23.2 Å². The van der Waals surface area contributed by atoms with Crippen LogP contribution in [0.4, 0.5) is 0 Å². The van der Waals surface area contributed by atoms with Crippen LogP contribution in [0.3, 0.4) is 0 Å². The van der Waals surface area contributed by atoms with Gasteiger partial charge in [-0.25, -0.2) is 0 Å². The molecule has 0 aliphatic heterocycles. The van der Waals surface area contributed by atoms with Crippen LogP contribution in [-0.2, 0) is 6.42 Å². The second kappa shape index (κ2) is 5.48. The molecule has 0 aliphatic carbocycles. The number of nitrogens with zero attached hydrogens (tertiary/aromatic N) is 2. The Kier molecular flexibility index (Phi) is 3.94. The summed E-state index contributed by atoms with van der Waals surface area (Å²) in [6.45, 7) is 1.81. The number of aromatic nitrogens is 1. The lowest BCUT2D eigenvalue weighted by molar-refractivity contribution is 0.949. The lowest BCUT2D eigenvalue weighted by atomic mass is 10.2. The minimum absolute atomic E-state index is 0.0737. The molecule has 0 unspecified atom stereocenters. The molecule has 3 nitrogen and oxygen atoms in total. The number of hydrogen-bond donors (Lipinski definition) is 0. The first-order valence-electron chi connectivity index (χ1n) is 5.57. The van der Waals surface area contributed by atoms with E-state index in [2.05, 4.69) is 0 Å². The Morgan fingerprint density at radius 2 is 2.05 bits per heavy atom. The molecule has 2 rings (SSSR count). The number of nitriles is 1. The van der Waals surface area contributed by atoms with Crippen LogP contribution in [0.25, 0.3) is 5.69 Å². The fourth-order valence-corrected chi connectivity index (χ4v) is 2.33. The summed E-state index contributed by atoms with van der Waals surface area (Å²) in [5, 5.41) is 9.76. The van der Waals surface area contributed by atoms with Crippen molar-refractivity contribution in [2.24, 2.45) is 0 Å². The zero-order valence-electron chi connectivity index (χ0n) is 10.2. The van der Waals surface area contributed by atoms with Crippen molar-refractivity contribution in [2.45, 2.75) is 13.3 Å². The molecule has 0 saturated carbocycles. The van der Waals surface area contributed by atoms with Crippen molar-refractivity contribution < 1.29 is 0 Å². The minimum atomic E-state index is -0.139. The molecule has 0 fully saturated rings. The van der Waals surface area contributed by atoms with Gasteiger partial charge in [-0.2, -0.15) is 5.26 Å². The van der Waals surface area contributed by atoms with E-state index >= 15 is 0 Å². The van der Waals surface area contributed by atoms with Crippen molar-refractivity contribution in [1.82, 2.24) is 4.57 Å². The average molecular weight is 293 g/mol. The van der Waals surface area contributed by atoms with Gasteiger partial charge in [0.15, 0.2) is 5.43 Å². The number of benzene rings is 1. The topological polar surface area (TPSA) is 45.8 Å². The van der Waals surface area contributed by atoms with Crippen molar-refractivity contribution in [3.05, 3.63) is 62.0 Å². The van der Waals surface area contributed by atoms with Gasteiger partial charge in [-0.1, -0.05) is 23.2 Å². The lowest BCUT2D eigenvalue weighted by Gasteiger charge is -2.13. The highest BCUT2D eigenvalue weighted by Gasteiger charge is 2.08. The Morgan fingerprint density at radius 3 is 2.68 bits per heavy atom. The second-order valence-corrected chi connectivity index (χ2v) is 4.95.